The van der Waals surface area contributed by atoms with Crippen LogP contribution >= 0.6 is 56.9 Å². The second-order valence-electron chi connectivity index (χ2n) is 27.6. The summed E-state index contributed by atoms with van der Waals surface area (Å²) in [5.41, 5.74) is 34.6. The molecule has 4 heterocycles. The van der Waals surface area contributed by atoms with Crippen LogP contribution in [0.4, 0.5) is 39.8 Å². The molecule has 0 saturated carbocycles. The number of sulfonamides is 1. The number of thiophene rings is 4. The van der Waals surface area contributed by atoms with Gasteiger partial charge in [0, 0.05) is 64.3 Å². The topological polar surface area (TPSA) is 406 Å². The maximum atomic E-state index is 12.8. The van der Waals surface area contributed by atoms with E-state index < -0.39 is 27.1 Å². The van der Waals surface area contributed by atoms with Crippen molar-refractivity contribution in [3.05, 3.63) is 388 Å². The molecule has 0 radical (unpaired) electrons. The largest absolute Gasteiger partial charge is 0.399 e. The lowest BCUT2D eigenvalue weighted by molar-refractivity contribution is 0.101. The molecular weight excluding hydrogens is 1700 g/mol. The number of nitrogens with two attached hydrogens (primary N) is 4. The maximum absolute atomic E-state index is 12.8. The number of hydrogen-bond acceptors (Lipinski definition) is 19. The first-order valence-electron chi connectivity index (χ1n) is 38.2. The van der Waals surface area contributed by atoms with Gasteiger partial charge in [0.25, 0.3) is 34.8 Å². The standard InChI is InChI=1S/C26H19N3O2S.C25H21N5O4S2.C20H17NO2S.C14H11ClO.C7H6N2.C6H7NOS/c1-17-5-2-3-8-22(17)19-9-11-20(12-10-19)25(30)29-23-13-14-32-24(23)26(31)28-21-7-4-6-18(15-21)16-27;26-23(27)17-4-3-5-18(14-17)29-25(32)22-20(12-13-35-22)30-24(31)16-10-8-15(9-11-16)19-6-1-2-7-21(19)36(28,33)34;1-13-5-3-4-6-17(13)15-7-9-16(10-8-15)20(23)21-18-11-12-24-19(18)14(2)22;1-10-4-2-3-5-13(10)11-6-8-12(9-7-11)14(15)16;8-5-6-2-1-3-7(9)4-6;1-4(8)6-5(7)2-3-9-6/h2-15H,1H3,(H,28,31)(H,29,30);1-14H,(H3,26,27)(H,29,32)(H,30,31)(H2,28,33,34);3-12H,1-2H3,(H,21,23);2-9H,1H3;1-4H,9H2;2-3H,7H2,1H3. The predicted octanol–water partition coefficient (Wildman–Crippen LogP) is 21.8. The molecule has 0 aliphatic carbocycles. The fraction of sp³-hybridized carbons (Fsp3) is 0.0510. The highest BCUT2D eigenvalue weighted by Gasteiger charge is 2.22. The highest BCUT2D eigenvalue weighted by atomic mass is 35.5. The Hall–Kier alpha value is -15.2. The van der Waals surface area contributed by atoms with E-state index in [4.69, 9.17) is 49.9 Å². The van der Waals surface area contributed by atoms with Gasteiger partial charge in [-0.25, -0.2) is 13.6 Å². The molecule has 15 rings (SSSR count). The van der Waals surface area contributed by atoms with Crippen LogP contribution in [0.1, 0.15) is 127 Å². The van der Waals surface area contributed by atoms with E-state index in [0.717, 1.165) is 27.8 Å². The first kappa shape index (κ1) is 93.1. The van der Waals surface area contributed by atoms with Crippen molar-refractivity contribution in [1.29, 1.82) is 15.9 Å². The first-order valence-corrected chi connectivity index (χ1v) is 43.7. The molecule has 22 nitrogen and oxygen atoms in total. The Morgan fingerprint density at radius 1 is 0.365 bits per heavy atom. The number of ketones is 2. The number of rotatable bonds is 19. The minimum absolute atomic E-state index is 0.00929. The van der Waals surface area contributed by atoms with Crippen LogP contribution in [0.25, 0.3) is 44.5 Å². The molecule has 0 aliphatic rings. The second kappa shape index (κ2) is 44.6. The minimum Gasteiger partial charge on any atom is -0.399 e. The molecule has 4 aromatic heterocycles. The number of anilines is 7. The van der Waals surface area contributed by atoms with Gasteiger partial charge in [-0.15, -0.1) is 45.3 Å². The molecule has 126 heavy (non-hydrogen) atoms. The highest BCUT2D eigenvalue weighted by molar-refractivity contribution is 7.89. The van der Waals surface area contributed by atoms with Gasteiger partial charge in [-0.05, 0) is 237 Å². The van der Waals surface area contributed by atoms with E-state index in [9.17, 15) is 46.8 Å². The van der Waals surface area contributed by atoms with Gasteiger partial charge >= 0.3 is 0 Å². The molecular formula is C98H81ClN12O10S5. The van der Waals surface area contributed by atoms with Gasteiger partial charge in [-0.3, -0.25) is 43.8 Å². The zero-order chi connectivity index (χ0) is 90.6. The molecule has 0 unspecified atom stereocenters. The Labute approximate surface area is 749 Å². The van der Waals surface area contributed by atoms with E-state index >= 15 is 0 Å². The predicted molar refractivity (Wildman–Crippen MR) is 509 cm³/mol. The zero-order valence-electron chi connectivity index (χ0n) is 68.2. The van der Waals surface area contributed by atoms with Gasteiger partial charge in [0.2, 0.25) is 10.0 Å². The Balaban J connectivity index is 0.000000168. The average molecular weight is 1780 g/mol. The monoisotopic (exact) mass is 1780 g/mol. The maximum Gasteiger partial charge on any atom is 0.267 e. The van der Waals surface area contributed by atoms with Crippen molar-refractivity contribution in [2.75, 3.05) is 38.1 Å². The number of amides is 5. The molecule has 0 spiro atoms. The number of halogens is 1. The van der Waals surface area contributed by atoms with Crippen LogP contribution in [0.15, 0.2) is 318 Å². The molecule has 14 N–H and O–H groups in total. The number of nitriles is 2. The molecule has 0 bridgehead atoms. The Morgan fingerprint density at radius 2 is 0.706 bits per heavy atom. The van der Waals surface area contributed by atoms with Crippen LogP contribution in [0.5, 0.6) is 0 Å². The highest BCUT2D eigenvalue weighted by Crippen LogP contribution is 2.33. The zero-order valence-corrected chi connectivity index (χ0v) is 73.1. The average Bonchev–Trinajstić information content (AvgIpc) is 0.925. The van der Waals surface area contributed by atoms with Crippen molar-refractivity contribution in [2.45, 2.75) is 39.5 Å². The van der Waals surface area contributed by atoms with Crippen LogP contribution in [0.2, 0.25) is 0 Å². The number of amidine groups is 1. The van der Waals surface area contributed by atoms with Crippen LogP contribution < -0.4 is 48.9 Å². The summed E-state index contributed by atoms with van der Waals surface area (Å²) in [4.78, 5) is 98.6. The molecule has 0 saturated heterocycles. The molecule has 0 fully saturated rings. The number of Topliss-reactive ketones (excluding diaryl/α,β-unsaturated/α-hetero) is 2. The molecule has 11 aromatic carbocycles. The number of aryl methyl sites for hydroxylation is 3. The molecule has 0 aliphatic heterocycles. The normalized spacial score (nSPS) is 10.3. The van der Waals surface area contributed by atoms with E-state index in [1.807, 2.05) is 96.4 Å². The number of nitrogen functional groups attached to an aromatic ring is 3. The number of hydrogen-bond donors (Lipinski definition) is 10. The van der Waals surface area contributed by atoms with Crippen molar-refractivity contribution < 1.29 is 46.8 Å². The minimum atomic E-state index is -3.92. The number of nitrogens with one attached hydrogen (secondary N) is 6. The van der Waals surface area contributed by atoms with Gasteiger partial charge < -0.3 is 43.8 Å². The number of nitrogens with zero attached hydrogens (tertiary/aromatic N) is 2. The summed E-state index contributed by atoms with van der Waals surface area (Å²) in [5.74, 6) is -1.83. The lowest BCUT2D eigenvalue weighted by atomic mass is 9.99. The Kier molecular flexibility index (Phi) is 32.9. The Morgan fingerprint density at radius 3 is 1.06 bits per heavy atom. The number of carbonyl (C=O) groups is 8. The van der Waals surface area contributed by atoms with E-state index in [0.29, 0.717) is 109 Å². The van der Waals surface area contributed by atoms with Crippen LogP contribution in [0, 0.1) is 48.8 Å². The van der Waals surface area contributed by atoms with Gasteiger partial charge in [0.05, 0.1) is 60.7 Å². The van der Waals surface area contributed by atoms with Gasteiger partial charge in [-0.2, -0.15) is 10.5 Å². The van der Waals surface area contributed by atoms with Crippen molar-refractivity contribution >= 4 is 159 Å². The summed E-state index contributed by atoms with van der Waals surface area (Å²) in [6, 6.07) is 90.2. The number of benzene rings is 11. The smallest absolute Gasteiger partial charge is 0.267 e. The van der Waals surface area contributed by atoms with E-state index in [1.165, 1.54) is 87.5 Å². The van der Waals surface area contributed by atoms with Gasteiger partial charge in [0.15, 0.2) is 11.6 Å². The van der Waals surface area contributed by atoms with Crippen LogP contribution in [-0.2, 0) is 10.0 Å². The quantitative estimate of drug-likeness (QED) is 0.0118. The summed E-state index contributed by atoms with van der Waals surface area (Å²) in [6.45, 7) is 9.20. The number of carbonyl (C=O) groups excluding carboxylic acids is 8. The number of primary sulfonamides is 1. The fourth-order valence-corrected chi connectivity index (χ4v) is 16.1. The van der Waals surface area contributed by atoms with Crippen molar-refractivity contribution in [3.8, 4) is 56.6 Å². The fourth-order valence-electron chi connectivity index (χ4n) is 12.3. The van der Waals surface area contributed by atoms with Gasteiger partial charge in [0.1, 0.15) is 15.6 Å². The SMILES string of the molecule is CC(=O)c1sccc1N.CC(=O)c1sccc1NC(=O)c1ccc(-c2ccccc2C)cc1.Cc1ccccc1-c1ccc(C(=O)Cl)cc1.Cc1ccccc1-c1ccc(C(=O)Nc2ccsc2C(=O)Nc2cccc(C#N)c2)cc1.N#Cc1cccc(N)c1.N=C(N)c1cccc(NC(=O)c2sccc2NC(=O)c2ccc(-c3ccccc3S(N)(=O)=O)cc2)c1. The summed E-state index contributed by atoms with van der Waals surface area (Å²) in [5, 5.41) is 50.7. The molecule has 0 atom stereocenters. The van der Waals surface area contributed by atoms with Gasteiger partial charge in [-0.1, -0.05) is 164 Å². The van der Waals surface area contributed by atoms with Crippen LogP contribution in [0.3, 0.4) is 0 Å². The van der Waals surface area contributed by atoms with Crippen LogP contribution in [-0.4, -0.2) is 60.6 Å². The second-order valence-corrected chi connectivity index (χ2v) is 33.1. The van der Waals surface area contributed by atoms with Crippen molar-refractivity contribution in [3.63, 3.8) is 0 Å². The van der Waals surface area contributed by atoms with E-state index in [2.05, 4.69) is 77.7 Å². The third-order valence-electron chi connectivity index (χ3n) is 18.6. The van der Waals surface area contributed by atoms with Crippen molar-refractivity contribution in [2.24, 2.45) is 10.9 Å². The summed E-state index contributed by atoms with van der Waals surface area (Å²) in [7, 11) is -3.92. The molecule has 5 amide bonds. The third kappa shape index (κ3) is 25.9. The first-order chi connectivity index (χ1) is 60.5. The van der Waals surface area contributed by atoms with E-state index in [-0.39, 0.29) is 40.0 Å². The molecule has 15 aromatic rings. The third-order valence-corrected chi connectivity index (χ3v) is 23.7. The van der Waals surface area contributed by atoms with Crippen molar-refractivity contribution in [1.82, 2.24) is 0 Å². The lowest BCUT2D eigenvalue weighted by Gasteiger charge is -2.10. The summed E-state index contributed by atoms with van der Waals surface area (Å²) < 4.78 is 23.8. The Bertz CT molecular complexity index is 6710. The summed E-state index contributed by atoms with van der Waals surface area (Å²) >= 11 is 10.5. The van der Waals surface area contributed by atoms with E-state index in [1.54, 1.807) is 192 Å². The lowest BCUT2D eigenvalue weighted by Crippen LogP contribution is -2.17. The molecule has 630 valence electrons. The summed E-state index contributed by atoms with van der Waals surface area (Å²) in [6.07, 6.45) is 0. The molecule has 28 heteroatoms.